The highest BCUT2D eigenvalue weighted by atomic mass is 127. The number of nitrogens with two attached hydrogens (primary N) is 1. The van der Waals surface area contributed by atoms with Crippen LogP contribution in [0.5, 0.6) is 5.75 Å². The maximum Gasteiger partial charge on any atom is 0.245 e. The van der Waals surface area contributed by atoms with Crippen LogP contribution in [0.15, 0.2) is 29.3 Å². The highest BCUT2D eigenvalue weighted by molar-refractivity contribution is 14.0. The molecular formula is C17H29IN4O5S2. The number of nitrogens with zero attached hydrogens (tertiary/aromatic N) is 3. The van der Waals surface area contributed by atoms with Crippen LogP contribution >= 0.6 is 24.0 Å². The lowest BCUT2D eigenvalue weighted by Crippen LogP contribution is -2.38. The first-order valence-corrected chi connectivity index (χ1v) is 12.8. The molecule has 0 aliphatic carbocycles. The van der Waals surface area contributed by atoms with E-state index in [1.807, 2.05) is 0 Å². The predicted octanol–water partition coefficient (Wildman–Crippen LogP) is 1.60. The van der Waals surface area contributed by atoms with Gasteiger partial charge in [-0.3, -0.25) is 0 Å². The first-order valence-electron chi connectivity index (χ1n) is 9.07. The van der Waals surface area contributed by atoms with Crippen molar-refractivity contribution in [3.05, 3.63) is 24.3 Å². The van der Waals surface area contributed by atoms with Gasteiger partial charge in [0.15, 0.2) is 5.96 Å². The third kappa shape index (κ3) is 8.16. The van der Waals surface area contributed by atoms with Gasteiger partial charge in [-0.05, 0) is 37.1 Å². The molecule has 0 saturated carbocycles. The van der Waals surface area contributed by atoms with Crippen LogP contribution in [-0.4, -0.2) is 66.4 Å². The second kappa shape index (κ2) is 11.2. The van der Waals surface area contributed by atoms with Crippen molar-refractivity contribution < 1.29 is 21.6 Å². The minimum absolute atomic E-state index is 0. The topological polar surface area (TPSA) is 122 Å². The molecule has 1 heterocycles. The summed E-state index contributed by atoms with van der Waals surface area (Å²) in [6.45, 7) is 2.54. The van der Waals surface area contributed by atoms with Crippen molar-refractivity contribution in [2.24, 2.45) is 10.7 Å². The molecule has 0 amide bonds. The van der Waals surface area contributed by atoms with Gasteiger partial charge >= 0.3 is 0 Å². The number of likely N-dealkylation sites (tertiary alicyclic amines) is 1. The van der Waals surface area contributed by atoms with Gasteiger partial charge in [-0.15, -0.1) is 24.0 Å². The molecule has 1 saturated heterocycles. The maximum atomic E-state index is 11.8. The van der Waals surface area contributed by atoms with Crippen molar-refractivity contribution in [1.29, 1.82) is 0 Å². The number of hydrogen-bond donors (Lipinski definition) is 1. The number of anilines is 1. The van der Waals surface area contributed by atoms with Gasteiger partial charge in [-0.1, -0.05) is 12.8 Å². The standard InChI is InChI=1S/C17H28N4O5S2.HI/c1-27(22,23)21(28(2,24)25)15-7-9-16(10-8-15)26-14-11-19-17(18)20-12-5-3-4-6-13-20;/h7-10H,3-6,11-14H2,1-2H3,(H2,18,19);1H. The fraction of sp³-hybridized carbons (Fsp3) is 0.588. The monoisotopic (exact) mass is 560 g/mol. The molecule has 0 unspecified atom stereocenters. The molecule has 12 heteroatoms. The number of guanidine groups is 1. The van der Waals surface area contributed by atoms with E-state index in [0.717, 1.165) is 38.4 Å². The van der Waals surface area contributed by atoms with Crippen molar-refractivity contribution >= 4 is 55.7 Å². The average molecular weight is 560 g/mol. The lowest BCUT2D eigenvalue weighted by molar-refractivity contribution is 0.327. The summed E-state index contributed by atoms with van der Waals surface area (Å²) in [7, 11) is -7.93. The highest BCUT2D eigenvalue weighted by Crippen LogP contribution is 2.24. The van der Waals surface area contributed by atoms with Crippen LogP contribution < -0.4 is 14.2 Å². The lowest BCUT2D eigenvalue weighted by atomic mass is 10.2. The zero-order valence-corrected chi connectivity index (χ0v) is 20.6. The molecule has 29 heavy (non-hydrogen) atoms. The third-order valence-corrected chi connectivity index (χ3v) is 7.47. The molecule has 0 atom stereocenters. The molecule has 0 bridgehead atoms. The predicted molar refractivity (Wildman–Crippen MR) is 126 cm³/mol. The van der Waals surface area contributed by atoms with E-state index in [-0.39, 0.29) is 29.7 Å². The summed E-state index contributed by atoms with van der Waals surface area (Å²) in [5.74, 6) is 1.01. The molecule has 1 aromatic rings. The molecule has 2 rings (SSSR count). The smallest absolute Gasteiger partial charge is 0.245 e. The van der Waals surface area contributed by atoms with Gasteiger partial charge in [0.25, 0.3) is 0 Å². The third-order valence-electron chi connectivity index (χ3n) is 4.21. The second-order valence-corrected chi connectivity index (χ2v) is 10.6. The Labute approximate surface area is 190 Å². The van der Waals surface area contributed by atoms with Gasteiger partial charge in [-0.2, -0.15) is 3.71 Å². The number of aliphatic imine (C=N–C) groups is 1. The Balaban J connectivity index is 0.00000420. The fourth-order valence-electron chi connectivity index (χ4n) is 3.02. The van der Waals surface area contributed by atoms with E-state index in [1.165, 1.54) is 37.1 Å². The van der Waals surface area contributed by atoms with Crippen LogP contribution in [0.2, 0.25) is 0 Å². The normalized spacial score (nSPS) is 15.9. The minimum Gasteiger partial charge on any atom is -0.492 e. The van der Waals surface area contributed by atoms with Crippen molar-refractivity contribution in [2.75, 3.05) is 42.5 Å². The number of rotatable bonds is 7. The molecule has 9 nitrogen and oxygen atoms in total. The Hall–Kier alpha value is -1.28. The van der Waals surface area contributed by atoms with E-state index in [9.17, 15) is 16.8 Å². The van der Waals surface area contributed by atoms with Crippen molar-refractivity contribution in [3.63, 3.8) is 0 Å². The van der Waals surface area contributed by atoms with E-state index in [2.05, 4.69) is 9.89 Å². The Bertz CT molecular complexity index is 849. The largest absolute Gasteiger partial charge is 0.492 e. The van der Waals surface area contributed by atoms with Gasteiger partial charge in [0.1, 0.15) is 12.4 Å². The van der Waals surface area contributed by atoms with E-state index in [4.69, 9.17) is 10.5 Å². The second-order valence-electron chi connectivity index (χ2n) is 6.71. The molecule has 1 aliphatic heterocycles. The molecular weight excluding hydrogens is 531 g/mol. The van der Waals surface area contributed by atoms with Crippen LogP contribution in [0, 0.1) is 0 Å². The molecule has 1 aliphatic rings. The van der Waals surface area contributed by atoms with E-state index >= 15 is 0 Å². The van der Waals surface area contributed by atoms with Crippen molar-refractivity contribution in [1.82, 2.24) is 4.90 Å². The number of halogens is 1. The number of benzene rings is 1. The zero-order valence-electron chi connectivity index (χ0n) is 16.7. The summed E-state index contributed by atoms with van der Waals surface area (Å²) < 4.78 is 53.1. The molecule has 1 fully saturated rings. The van der Waals surface area contributed by atoms with Gasteiger partial charge < -0.3 is 15.4 Å². The molecule has 0 spiro atoms. The van der Waals surface area contributed by atoms with Gasteiger partial charge in [-0.25, -0.2) is 21.8 Å². The average Bonchev–Trinajstić information content (AvgIpc) is 2.87. The van der Waals surface area contributed by atoms with Crippen LogP contribution in [0.4, 0.5) is 5.69 Å². The van der Waals surface area contributed by atoms with Gasteiger partial charge in [0.2, 0.25) is 20.0 Å². The summed E-state index contributed by atoms with van der Waals surface area (Å²) in [6.07, 6.45) is 6.36. The zero-order chi connectivity index (χ0) is 20.8. The summed E-state index contributed by atoms with van der Waals surface area (Å²) >= 11 is 0. The van der Waals surface area contributed by atoms with Crippen LogP contribution in [0.25, 0.3) is 0 Å². The summed E-state index contributed by atoms with van der Waals surface area (Å²) in [5.41, 5.74) is 6.06. The van der Waals surface area contributed by atoms with Crippen molar-refractivity contribution in [3.8, 4) is 5.75 Å². The fourth-order valence-corrected chi connectivity index (χ4v) is 5.99. The molecule has 166 valence electrons. The van der Waals surface area contributed by atoms with Gasteiger partial charge in [0, 0.05) is 13.1 Å². The summed E-state index contributed by atoms with van der Waals surface area (Å²) in [5, 5.41) is 0. The lowest BCUT2D eigenvalue weighted by Gasteiger charge is -2.21. The SMILES string of the molecule is CS(=O)(=O)N(c1ccc(OCCN=C(N)N2CCCCCC2)cc1)S(C)(=O)=O.I. The van der Waals surface area contributed by atoms with Crippen molar-refractivity contribution in [2.45, 2.75) is 25.7 Å². The molecule has 0 radical (unpaired) electrons. The minimum atomic E-state index is -3.96. The molecule has 2 N–H and O–H groups in total. The summed E-state index contributed by atoms with van der Waals surface area (Å²) in [6, 6.07) is 5.79. The van der Waals surface area contributed by atoms with E-state index < -0.39 is 20.0 Å². The quantitative estimate of drug-likeness (QED) is 0.233. The number of ether oxygens (including phenoxy) is 1. The van der Waals surface area contributed by atoms with E-state index in [1.54, 1.807) is 0 Å². The first-order chi connectivity index (χ1) is 13.1. The van der Waals surface area contributed by atoms with Crippen LogP contribution in [0.1, 0.15) is 25.7 Å². The first kappa shape index (κ1) is 25.8. The Morgan fingerprint density at radius 3 is 2.03 bits per heavy atom. The van der Waals surface area contributed by atoms with Crippen LogP contribution in [0.3, 0.4) is 0 Å². The van der Waals surface area contributed by atoms with Crippen LogP contribution in [-0.2, 0) is 20.0 Å². The maximum absolute atomic E-state index is 11.8. The molecule has 0 aromatic heterocycles. The Morgan fingerprint density at radius 1 is 1.03 bits per heavy atom. The number of sulfonamides is 2. The summed E-state index contributed by atoms with van der Waals surface area (Å²) in [4.78, 5) is 6.43. The Kier molecular flexibility index (Phi) is 9.95. The highest BCUT2D eigenvalue weighted by Gasteiger charge is 2.27. The van der Waals surface area contributed by atoms with E-state index in [0.29, 0.717) is 28.6 Å². The Morgan fingerprint density at radius 2 is 1.55 bits per heavy atom. The number of hydrogen-bond acceptors (Lipinski definition) is 6. The van der Waals surface area contributed by atoms with Gasteiger partial charge in [0.05, 0.1) is 24.7 Å². The molecule has 1 aromatic carbocycles.